The zero-order valence-electron chi connectivity index (χ0n) is 10.5. The van der Waals surface area contributed by atoms with Gasteiger partial charge < -0.3 is 19.7 Å². The predicted molar refractivity (Wildman–Crippen MR) is 71.1 cm³/mol. The van der Waals surface area contributed by atoms with Crippen LogP contribution in [0.15, 0.2) is 21.2 Å². The van der Waals surface area contributed by atoms with Crippen molar-refractivity contribution in [3.05, 3.63) is 22.6 Å². The Labute approximate surface area is 118 Å². The van der Waals surface area contributed by atoms with E-state index in [9.17, 15) is 9.59 Å². The lowest BCUT2D eigenvalue weighted by atomic mass is 9.89. The molecule has 1 fully saturated rings. The molecule has 0 aromatic carbocycles. The fraction of sp³-hybridized carbons (Fsp3) is 0.500. The Bertz CT molecular complexity index is 492. The summed E-state index contributed by atoms with van der Waals surface area (Å²) in [6.07, 6.45) is 0.150. The van der Waals surface area contributed by atoms with Gasteiger partial charge in [-0.2, -0.15) is 0 Å². The Kier molecular flexibility index (Phi) is 3.84. The van der Waals surface area contributed by atoms with Gasteiger partial charge in [0.2, 0.25) is 0 Å². The topological polar surface area (TPSA) is 82.8 Å². The number of carboxylic acid groups (broad SMARTS) is 1. The van der Waals surface area contributed by atoms with Crippen LogP contribution in [0.1, 0.15) is 30.3 Å². The molecule has 2 N–H and O–H groups in total. The molecule has 7 heteroatoms. The molecule has 1 aromatic heterocycles. The molecule has 0 aliphatic carbocycles. The van der Waals surface area contributed by atoms with E-state index in [1.807, 2.05) is 6.92 Å². The summed E-state index contributed by atoms with van der Waals surface area (Å²) in [7, 11) is 0. The number of rotatable bonds is 2. The fourth-order valence-corrected chi connectivity index (χ4v) is 2.48. The van der Waals surface area contributed by atoms with Crippen molar-refractivity contribution in [1.82, 2.24) is 10.2 Å². The van der Waals surface area contributed by atoms with Gasteiger partial charge in [-0.15, -0.1) is 0 Å². The molecule has 2 amide bonds. The van der Waals surface area contributed by atoms with Crippen LogP contribution in [-0.4, -0.2) is 40.6 Å². The largest absolute Gasteiger partial charge is 0.465 e. The molecular formula is C12H15BrN2O4. The van der Waals surface area contributed by atoms with E-state index in [2.05, 4.69) is 21.2 Å². The Morgan fingerprint density at radius 2 is 2.05 bits per heavy atom. The summed E-state index contributed by atoms with van der Waals surface area (Å²) in [6, 6.07) is 3.29. The van der Waals surface area contributed by atoms with Gasteiger partial charge in [0.05, 0.1) is 0 Å². The SMILES string of the molecule is CC1(NC(=O)O)CCN(C(=O)c2ccc(Br)o2)CC1. The first kappa shape index (κ1) is 13.9. The first-order chi connectivity index (χ1) is 8.89. The summed E-state index contributed by atoms with van der Waals surface area (Å²) in [4.78, 5) is 24.5. The van der Waals surface area contributed by atoms with Crippen LogP contribution in [0.2, 0.25) is 0 Å². The van der Waals surface area contributed by atoms with Crippen molar-refractivity contribution in [3.63, 3.8) is 0 Å². The van der Waals surface area contributed by atoms with Crippen LogP contribution < -0.4 is 5.32 Å². The highest BCUT2D eigenvalue weighted by molar-refractivity contribution is 9.10. The van der Waals surface area contributed by atoms with Gasteiger partial charge in [0.15, 0.2) is 10.4 Å². The van der Waals surface area contributed by atoms with Gasteiger partial charge in [0.25, 0.3) is 5.91 Å². The maximum atomic E-state index is 12.1. The van der Waals surface area contributed by atoms with Crippen LogP contribution in [0.5, 0.6) is 0 Å². The van der Waals surface area contributed by atoms with E-state index >= 15 is 0 Å². The number of hydrogen-bond donors (Lipinski definition) is 2. The smallest absolute Gasteiger partial charge is 0.405 e. The van der Waals surface area contributed by atoms with Crippen LogP contribution in [0, 0.1) is 0 Å². The van der Waals surface area contributed by atoms with E-state index in [4.69, 9.17) is 9.52 Å². The van der Waals surface area contributed by atoms with Crippen molar-refractivity contribution in [3.8, 4) is 0 Å². The van der Waals surface area contributed by atoms with E-state index < -0.39 is 11.6 Å². The number of likely N-dealkylation sites (tertiary alicyclic amines) is 1. The molecule has 0 radical (unpaired) electrons. The van der Waals surface area contributed by atoms with E-state index in [1.165, 1.54) is 0 Å². The van der Waals surface area contributed by atoms with Crippen molar-refractivity contribution < 1.29 is 19.1 Å². The molecule has 1 aromatic rings. The monoisotopic (exact) mass is 330 g/mol. The molecular weight excluding hydrogens is 316 g/mol. The van der Waals surface area contributed by atoms with Gasteiger partial charge in [-0.1, -0.05) is 0 Å². The molecule has 0 spiro atoms. The molecule has 1 saturated heterocycles. The van der Waals surface area contributed by atoms with Crippen LogP contribution in [0.4, 0.5) is 4.79 Å². The first-order valence-electron chi connectivity index (χ1n) is 5.95. The molecule has 0 bridgehead atoms. The molecule has 0 saturated carbocycles. The third-order valence-electron chi connectivity index (χ3n) is 3.35. The summed E-state index contributed by atoms with van der Waals surface area (Å²) in [5.41, 5.74) is -0.466. The molecule has 1 aliphatic rings. The number of nitrogens with one attached hydrogen (secondary N) is 1. The molecule has 2 heterocycles. The highest BCUT2D eigenvalue weighted by Crippen LogP contribution is 2.24. The average Bonchev–Trinajstić information content (AvgIpc) is 2.74. The molecule has 0 unspecified atom stereocenters. The number of furan rings is 1. The third-order valence-corrected chi connectivity index (χ3v) is 3.77. The number of amides is 2. The second-order valence-corrected chi connectivity index (χ2v) is 5.67. The summed E-state index contributed by atoms with van der Waals surface area (Å²) in [5.74, 6) is 0.129. The predicted octanol–water partition coefficient (Wildman–Crippen LogP) is 2.30. The number of carbonyl (C=O) groups excluding carboxylic acids is 1. The van der Waals surface area contributed by atoms with Gasteiger partial charge in [-0.05, 0) is 47.8 Å². The van der Waals surface area contributed by atoms with E-state index in [-0.39, 0.29) is 5.91 Å². The quantitative estimate of drug-likeness (QED) is 0.871. The molecule has 6 nitrogen and oxygen atoms in total. The maximum absolute atomic E-state index is 12.1. The van der Waals surface area contributed by atoms with Crippen LogP contribution in [-0.2, 0) is 0 Å². The van der Waals surface area contributed by atoms with Crippen molar-refractivity contribution in [2.45, 2.75) is 25.3 Å². The number of nitrogens with zero attached hydrogens (tertiary/aromatic N) is 1. The normalized spacial score (nSPS) is 18.1. The second-order valence-electron chi connectivity index (χ2n) is 4.89. The summed E-state index contributed by atoms with van der Waals surface area (Å²) < 4.78 is 5.75. The lowest BCUT2D eigenvalue weighted by Gasteiger charge is -2.38. The number of halogens is 1. The minimum atomic E-state index is -1.03. The molecule has 1 aliphatic heterocycles. The average molecular weight is 331 g/mol. The Hall–Kier alpha value is -1.50. The Morgan fingerprint density at radius 3 is 2.53 bits per heavy atom. The minimum Gasteiger partial charge on any atom is -0.465 e. The number of carbonyl (C=O) groups is 2. The highest BCUT2D eigenvalue weighted by Gasteiger charge is 2.34. The van der Waals surface area contributed by atoms with Crippen molar-refractivity contribution in [1.29, 1.82) is 0 Å². The summed E-state index contributed by atoms with van der Waals surface area (Å²) in [5, 5.41) is 11.3. The standard InChI is InChI=1S/C12H15BrN2O4/c1-12(14-11(17)18)4-6-15(7-5-12)10(16)8-2-3-9(13)19-8/h2-3,14H,4-7H2,1H3,(H,17,18). The third kappa shape index (κ3) is 3.28. The van der Waals surface area contributed by atoms with Crippen LogP contribution in [0.3, 0.4) is 0 Å². The van der Waals surface area contributed by atoms with Crippen LogP contribution in [0.25, 0.3) is 0 Å². The van der Waals surface area contributed by atoms with Crippen molar-refractivity contribution >= 4 is 27.9 Å². The van der Waals surface area contributed by atoms with Gasteiger partial charge in [-0.3, -0.25) is 4.79 Å². The second kappa shape index (κ2) is 5.24. The molecule has 2 rings (SSSR count). The first-order valence-corrected chi connectivity index (χ1v) is 6.75. The summed E-state index contributed by atoms with van der Waals surface area (Å²) in [6.45, 7) is 2.87. The van der Waals surface area contributed by atoms with E-state index in [0.29, 0.717) is 36.4 Å². The minimum absolute atomic E-state index is 0.164. The molecule has 19 heavy (non-hydrogen) atoms. The highest BCUT2D eigenvalue weighted by atomic mass is 79.9. The van der Waals surface area contributed by atoms with Gasteiger partial charge in [-0.25, -0.2) is 4.79 Å². The fourth-order valence-electron chi connectivity index (χ4n) is 2.17. The van der Waals surface area contributed by atoms with Crippen LogP contribution >= 0.6 is 15.9 Å². The number of piperidine rings is 1. The van der Waals surface area contributed by atoms with Crippen molar-refractivity contribution in [2.75, 3.05) is 13.1 Å². The maximum Gasteiger partial charge on any atom is 0.405 e. The van der Waals surface area contributed by atoms with Gasteiger partial charge in [0.1, 0.15) is 0 Å². The van der Waals surface area contributed by atoms with Gasteiger partial charge >= 0.3 is 6.09 Å². The van der Waals surface area contributed by atoms with E-state index in [0.717, 1.165) is 0 Å². The zero-order chi connectivity index (χ0) is 14.0. The Morgan fingerprint density at radius 1 is 1.42 bits per heavy atom. The van der Waals surface area contributed by atoms with Crippen molar-refractivity contribution in [2.24, 2.45) is 0 Å². The zero-order valence-corrected chi connectivity index (χ0v) is 12.1. The summed E-state index contributed by atoms with van der Waals surface area (Å²) >= 11 is 3.16. The lowest BCUT2D eigenvalue weighted by Crippen LogP contribution is -2.54. The molecule has 0 atom stereocenters. The van der Waals surface area contributed by atoms with Gasteiger partial charge in [0, 0.05) is 18.6 Å². The lowest BCUT2D eigenvalue weighted by molar-refractivity contribution is 0.0624. The Balaban J connectivity index is 1.96. The number of hydrogen-bond acceptors (Lipinski definition) is 3. The molecule has 104 valence electrons. The van der Waals surface area contributed by atoms with E-state index in [1.54, 1.807) is 17.0 Å².